The maximum Gasteiger partial charge on any atom is 0.244 e. The van der Waals surface area contributed by atoms with Crippen LogP contribution in [0.4, 0.5) is 5.69 Å². The van der Waals surface area contributed by atoms with Gasteiger partial charge in [0.2, 0.25) is 21.8 Å². The first-order chi connectivity index (χ1) is 18.2. The molecule has 3 aromatic carbocycles. The molecule has 0 aliphatic carbocycles. The number of sulfonamides is 1. The van der Waals surface area contributed by atoms with Crippen molar-refractivity contribution in [3.8, 4) is 11.5 Å². The van der Waals surface area contributed by atoms with Gasteiger partial charge in [0.05, 0.1) is 11.9 Å². The second-order valence-corrected chi connectivity index (χ2v) is 12.5. The van der Waals surface area contributed by atoms with Crippen LogP contribution in [0.3, 0.4) is 0 Å². The summed E-state index contributed by atoms with van der Waals surface area (Å²) in [6, 6.07) is 21.7. The number of ether oxygens (including phenoxy) is 1. The molecule has 0 radical (unpaired) electrons. The van der Waals surface area contributed by atoms with Crippen molar-refractivity contribution in [3.63, 3.8) is 0 Å². The molecule has 8 nitrogen and oxygen atoms in total. The summed E-state index contributed by atoms with van der Waals surface area (Å²) >= 11 is 6.35. The van der Waals surface area contributed by atoms with Crippen LogP contribution in [0.2, 0.25) is 5.02 Å². The first-order valence-electron chi connectivity index (χ1n) is 12.4. The zero-order valence-electron chi connectivity index (χ0n) is 22.7. The number of carbonyl (C=O) groups is 2. The Morgan fingerprint density at radius 2 is 1.49 bits per heavy atom. The summed E-state index contributed by atoms with van der Waals surface area (Å²) in [5.41, 5.74) is 0.402. The molecule has 0 aliphatic rings. The van der Waals surface area contributed by atoms with Gasteiger partial charge in [0.1, 0.15) is 24.1 Å². The molecule has 0 aliphatic heterocycles. The fourth-order valence-corrected chi connectivity index (χ4v) is 4.83. The number of carbonyl (C=O) groups excluding carboxylic acids is 2. The van der Waals surface area contributed by atoms with Crippen molar-refractivity contribution in [3.05, 3.63) is 89.4 Å². The Morgan fingerprint density at radius 3 is 2.05 bits per heavy atom. The Balaban J connectivity index is 1.88. The van der Waals surface area contributed by atoms with E-state index in [1.54, 1.807) is 67.6 Å². The topological polar surface area (TPSA) is 96.0 Å². The highest BCUT2D eigenvalue weighted by atomic mass is 35.5. The highest BCUT2D eigenvalue weighted by Crippen LogP contribution is 2.26. The van der Waals surface area contributed by atoms with Crippen LogP contribution >= 0.6 is 11.6 Å². The first-order valence-corrected chi connectivity index (χ1v) is 14.6. The lowest BCUT2D eigenvalue weighted by Gasteiger charge is -2.33. The van der Waals surface area contributed by atoms with Gasteiger partial charge in [-0.25, -0.2) is 8.42 Å². The fraction of sp³-hybridized carbons (Fsp3) is 0.310. The minimum absolute atomic E-state index is 0.0265. The van der Waals surface area contributed by atoms with E-state index < -0.39 is 34.1 Å². The van der Waals surface area contributed by atoms with Crippen molar-refractivity contribution >= 4 is 39.1 Å². The van der Waals surface area contributed by atoms with E-state index in [9.17, 15) is 18.0 Å². The molecule has 0 heterocycles. The van der Waals surface area contributed by atoms with Crippen LogP contribution in [0.1, 0.15) is 33.3 Å². The molecule has 3 rings (SSSR count). The van der Waals surface area contributed by atoms with Crippen molar-refractivity contribution in [2.24, 2.45) is 0 Å². The molecule has 208 valence electrons. The maximum atomic E-state index is 13.7. The lowest BCUT2D eigenvalue weighted by molar-refractivity contribution is -0.140. The second kappa shape index (κ2) is 12.5. The van der Waals surface area contributed by atoms with Crippen LogP contribution in [-0.4, -0.2) is 49.5 Å². The molecule has 0 fully saturated rings. The summed E-state index contributed by atoms with van der Waals surface area (Å²) in [7, 11) is -3.86. The standard InChI is InChI=1S/C29H34ClN3O5S/c1-21(28(35)31-29(2,3)4)32(19-22-11-9-10-14-26(22)30)27(34)20-33(39(5,36)37)23-15-17-25(18-16-23)38-24-12-7-6-8-13-24/h6-18,21H,19-20H2,1-5H3,(H,31,35)/t21-/m1/s1. The predicted octanol–water partition coefficient (Wildman–Crippen LogP) is 5.23. The highest BCUT2D eigenvalue weighted by Gasteiger charge is 2.31. The van der Waals surface area contributed by atoms with Crippen molar-refractivity contribution in [1.82, 2.24) is 10.2 Å². The number of rotatable bonds is 10. The molecule has 0 bridgehead atoms. The van der Waals surface area contributed by atoms with E-state index >= 15 is 0 Å². The van der Waals surface area contributed by atoms with E-state index in [0.717, 1.165) is 10.6 Å². The van der Waals surface area contributed by atoms with Gasteiger partial charge in [-0.2, -0.15) is 0 Å². The van der Waals surface area contributed by atoms with E-state index in [1.165, 1.54) is 4.90 Å². The number of halogens is 1. The van der Waals surface area contributed by atoms with Crippen molar-refractivity contribution in [2.45, 2.75) is 45.8 Å². The minimum Gasteiger partial charge on any atom is -0.457 e. The quantitative estimate of drug-likeness (QED) is 0.359. The zero-order valence-corrected chi connectivity index (χ0v) is 24.3. The minimum atomic E-state index is -3.86. The molecular formula is C29H34ClN3O5S. The van der Waals surface area contributed by atoms with E-state index in [2.05, 4.69) is 5.32 Å². The largest absolute Gasteiger partial charge is 0.457 e. The number of para-hydroxylation sites is 1. The van der Waals surface area contributed by atoms with Crippen LogP contribution in [-0.2, 0) is 26.2 Å². The summed E-state index contributed by atoms with van der Waals surface area (Å²) in [6.07, 6.45) is 1.03. The number of hydrogen-bond acceptors (Lipinski definition) is 5. The summed E-state index contributed by atoms with van der Waals surface area (Å²) in [4.78, 5) is 28.1. The molecule has 2 amide bonds. The number of nitrogens with zero attached hydrogens (tertiary/aromatic N) is 2. The molecule has 1 atom stereocenters. The first kappa shape index (κ1) is 30.0. The normalized spacial score (nSPS) is 12.4. The number of amides is 2. The monoisotopic (exact) mass is 571 g/mol. The fourth-order valence-electron chi connectivity index (χ4n) is 3.79. The third kappa shape index (κ3) is 8.73. The van der Waals surface area contributed by atoms with Crippen molar-refractivity contribution in [1.29, 1.82) is 0 Å². The third-order valence-electron chi connectivity index (χ3n) is 5.75. The van der Waals surface area contributed by atoms with Gasteiger partial charge in [0, 0.05) is 17.1 Å². The van der Waals surface area contributed by atoms with Gasteiger partial charge in [0.15, 0.2) is 0 Å². The van der Waals surface area contributed by atoms with E-state index in [-0.39, 0.29) is 18.1 Å². The molecule has 3 aromatic rings. The molecule has 39 heavy (non-hydrogen) atoms. The van der Waals surface area contributed by atoms with E-state index in [0.29, 0.717) is 22.1 Å². The van der Waals surface area contributed by atoms with Gasteiger partial charge in [-0.3, -0.25) is 13.9 Å². The predicted molar refractivity (Wildman–Crippen MR) is 155 cm³/mol. The Kier molecular flexibility index (Phi) is 9.63. The smallest absolute Gasteiger partial charge is 0.244 e. The highest BCUT2D eigenvalue weighted by molar-refractivity contribution is 7.92. The molecule has 1 N–H and O–H groups in total. The average Bonchev–Trinajstić information content (AvgIpc) is 2.86. The number of benzene rings is 3. The van der Waals surface area contributed by atoms with Gasteiger partial charge in [-0.05, 0) is 75.7 Å². The number of anilines is 1. The molecule has 0 aromatic heterocycles. The van der Waals surface area contributed by atoms with Gasteiger partial charge < -0.3 is 15.0 Å². The van der Waals surface area contributed by atoms with Gasteiger partial charge >= 0.3 is 0 Å². The van der Waals surface area contributed by atoms with Gasteiger partial charge in [-0.15, -0.1) is 0 Å². The molecule has 0 spiro atoms. The summed E-state index contributed by atoms with van der Waals surface area (Å²) in [5, 5.41) is 3.32. The van der Waals surface area contributed by atoms with Crippen LogP contribution in [0.15, 0.2) is 78.9 Å². The van der Waals surface area contributed by atoms with E-state index in [1.807, 2.05) is 39.0 Å². The third-order valence-corrected chi connectivity index (χ3v) is 7.26. The summed E-state index contributed by atoms with van der Waals surface area (Å²) in [6.45, 7) is 6.65. The SMILES string of the molecule is C[C@H](C(=O)NC(C)(C)C)N(Cc1ccccc1Cl)C(=O)CN(c1ccc(Oc2ccccc2)cc1)S(C)(=O)=O. The second-order valence-electron chi connectivity index (χ2n) is 10.2. The molecule has 0 saturated carbocycles. The van der Waals surface area contributed by atoms with Crippen LogP contribution < -0.4 is 14.4 Å². The van der Waals surface area contributed by atoms with Crippen LogP contribution in [0.5, 0.6) is 11.5 Å². The molecule has 0 unspecified atom stereocenters. The maximum absolute atomic E-state index is 13.7. The van der Waals surface area contributed by atoms with Crippen LogP contribution in [0.25, 0.3) is 0 Å². The molecule has 0 saturated heterocycles. The van der Waals surface area contributed by atoms with E-state index in [4.69, 9.17) is 16.3 Å². The molecule has 10 heteroatoms. The number of hydrogen-bond donors (Lipinski definition) is 1. The van der Waals surface area contributed by atoms with Crippen LogP contribution in [0, 0.1) is 0 Å². The number of nitrogens with one attached hydrogen (secondary N) is 1. The Bertz CT molecular complexity index is 1390. The zero-order chi connectivity index (χ0) is 28.8. The van der Waals surface area contributed by atoms with Crippen molar-refractivity contribution < 1.29 is 22.7 Å². The lowest BCUT2D eigenvalue weighted by Crippen LogP contribution is -2.54. The molecular weight excluding hydrogens is 538 g/mol. The van der Waals surface area contributed by atoms with Crippen molar-refractivity contribution in [2.75, 3.05) is 17.1 Å². The summed E-state index contributed by atoms with van der Waals surface area (Å²) < 4.78 is 32.4. The Morgan fingerprint density at radius 1 is 0.923 bits per heavy atom. The average molecular weight is 572 g/mol. The summed E-state index contributed by atoms with van der Waals surface area (Å²) in [5.74, 6) is 0.230. The Labute approximate surface area is 235 Å². The lowest BCUT2D eigenvalue weighted by atomic mass is 10.1. The van der Waals surface area contributed by atoms with Gasteiger partial charge in [-0.1, -0.05) is 48.0 Å². The van der Waals surface area contributed by atoms with Gasteiger partial charge in [0.25, 0.3) is 0 Å². The Hall–Kier alpha value is -3.56.